The summed E-state index contributed by atoms with van der Waals surface area (Å²) < 4.78 is 1.56. The Kier molecular flexibility index (Phi) is 5.31. The predicted octanol–water partition coefficient (Wildman–Crippen LogP) is 2.25. The third-order valence-corrected chi connectivity index (χ3v) is 5.55. The van der Waals surface area contributed by atoms with Crippen molar-refractivity contribution in [2.75, 3.05) is 11.4 Å². The molecule has 8 heteroatoms. The summed E-state index contributed by atoms with van der Waals surface area (Å²) in [6, 6.07) is 5.49. The largest absolute Gasteiger partial charge is 0.343 e. The maximum Gasteiger partial charge on any atom is 0.343 e. The molecule has 26 heavy (non-hydrogen) atoms. The molecule has 7 nitrogen and oxygen atoms in total. The van der Waals surface area contributed by atoms with Crippen LogP contribution in [0.4, 0.5) is 5.69 Å². The lowest BCUT2D eigenvalue weighted by Crippen LogP contribution is -2.25. The van der Waals surface area contributed by atoms with Crippen LogP contribution in [-0.2, 0) is 17.8 Å². The molecule has 0 aliphatic carbocycles. The lowest BCUT2D eigenvalue weighted by atomic mass is 10.0. The number of thioether (sulfide) groups is 1. The maximum atomic E-state index is 12.8. The highest BCUT2D eigenvalue weighted by molar-refractivity contribution is 8.00. The van der Waals surface area contributed by atoms with Crippen molar-refractivity contribution in [3.8, 4) is 0 Å². The van der Waals surface area contributed by atoms with Crippen molar-refractivity contribution in [1.29, 1.82) is 0 Å². The van der Waals surface area contributed by atoms with E-state index >= 15 is 0 Å². The lowest BCUT2D eigenvalue weighted by molar-refractivity contribution is -0.116. The van der Waals surface area contributed by atoms with Crippen LogP contribution in [-0.4, -0.2) is 38.2 Å². The zero-order valence-corrected chi connectivity index (χ0v) is 15.9. The molecule has 0 radical (unpaired) electrons. The summed E-state index contributed by atoms with van der Waals surface area (Å²) in [4.78, 5) is 38.0. The maximum absolute atomic E-state index is 12.8. The van der Waals surface area contributed by atoms with E-state index in [1.165, 1.54) is 11.8 Å². The van der Waals surface area contributed by atoms with Gasteiger partial charge in [-0.2, -0.15) is 0 Å². The molecule has 3 rings (SSSR count). The number of carbonyl (C=O) groups is 2. The molecule has 2 heterocycles. The number of Topliss-reactive ketones (excluding diaryl/α,β-unsaturated/α-hetero) is 1. The standard InChI is InChI=1S/C18H22N4O3S/c1-4-8-22-17(25)19-20-18(22)26-11(2)16(24)14-5-6-15-13(10-14)7-9-21(15)12(3)23/h5-6,10-11H,4,7-9H2,1-3H3,(H,19,25)/t11-/m0/s1. The molecule has 0 fully saturated rings. The molecule has 138 valence electrons. The van der Waals surface area contributed by atoms with Crippen LogP contribution < -0.4 is 10.6 Å². The minimum Gasteiger partial charge on any atom is -0.312 e. The minimum absolute atomic E-state index is 0.0131. The van der Waals surface area contributed by atoms with Crippen LogP contribution in [0.15, 0.2) is 28.2 Å². The second-order valence-electron chi connectivity index (χ2n) is 6.35. The van der Waals surface area contributed by atoms with Gasteiger partial charge in [-0.05, 0) is 43.5 Å². The van der Waals surface area contributed by atoms with Crippen molar-refractivity contribution in [3.63, 3.8) is 0 Å². The molecular formula is C18H22N4O3S. The third-order valence-electron chi connectivity index (χ3n) is 4.46. The van der Waals surface area contributed by atoms with Gasteiger partial charge in [-0.1, -0.05) is 18.7 Å². The summed E-state index contributed by atoms with van der Waals surface area (Å²) in [6.07, 6.45) is 1.57. The van der Waals surface area contributed by atoms with Crippen LogP contribution in [0.2, 0.25) is 0 Å². The molecule has 2 aromatic rings. The second-order valence-corrected chi connectivity index (χ2v) is 7.66. The van der Waals surface area contributed by atoms with E-state index in [9.17, 15) is 14.4 Å². The van der Waals surface area contributed by atoms with Gasteiger partial charge in [0.15, 0.2) is 10.9 Å². The number of fused-ring (bicyclic) bond motifs is 1. The highest BCUT2D eigenvalue weighted by Crippen LogP contribution is 2.30. The summed E-state index contributed by atoms with van der Waals surface area (Å²) in [5, 5.41) is 6.63. The summed E-state index contributed by atoms with van der Waals surface area (Å²) in [6.45, 7) is 6.57. The molecule has 1 aliphatic rings. The smallest absolute Gasteiger partial charge is 0.312 e. The number of nitrogens with one attached hydrogen (secondary N) is 1. The summed E-state index contributed by atoms with van der Waals surface area (Å²) >= 11 is 1.28. The van der Waals surface area contributed by atoms with Gasteiger partial charge in [-0.25, -0.2) is 9.89 Å². The Bertz CT molecular complexity index is 902. The van der Waals surface area contributed by atoms with Crippen LogP contribution in [0.1, 0.15) is 43.1 Å². The van der Waals surface area contributed by atoms with Gasteiger partial charge in [-0.15, -0.1) is 5.10 Å². The first kappa shape index (κ1) is 18.4. The van der Waals surface area contributed by atoms with Crippen LogP contribution in [0, 0.1) is 0 Å². The number of rotatable bonds is 6. The van der Waals surface area contributed by atoms with Gasteiger partial charge < -0.3 is 4.90 Å². The average molecular weight is 374 g/mol. The Labute approximate surface area is 155 Å². The van der Waals surface area contributed by atoms with E-state index in [2.05, 4.69) is 10.2 Å². The Morgan fingerprint density at radius 2 is 2.15 bits per heavy atom. The predicted molar refractivity (Wildman–Crippen MR) is 101 cm³/mol. The number of amides is 1. The topological polar surface area (TPSA) is 88.1 Å². The van der Waals surface area contributed by atoms with Crippen molar-refractivity contribution in [2.45, 2.75) is 50.6 Å². The molecule has 1 aliphatic heterocycles. The summed E-state index contributed by atoms with van der Waals surface area (Å²) in [5.41, 5.74) is 2.27. The third kappa shape index (κ3) is 3.46. The Balaban J connectivity index is 1.78. The highest BCUT2D eigenvalue weighted by Gasteiger charge is 2.25. The van der Waals surface area contributed by atoms with Gasteiger partial charge in [0, 0.05) is 31.3 Å². The molecule has 1 aromatic heterocycles. The van der Waals surface area contributed by atoms with E-state index < -0.39 is 0 Å². The molecule has 0 saturated heterocycles. The van der Waals surface area contributed by atoms with E-state index in [1.807, 2.05) is 26.0 Å². The fraction of sp³-hybridized carbons (Fsp3) is 0.444. The number of anilines is 1. The molecule has 1 N–H and O–H groups in total. The Hall–Kier alpha value is -2.35. The number of aromatic amines is 1. The second kappa shape index (κ2) is 7.49. The van der Waals surface area contributed by atoms with Gasteiger partial charge in [0.1, 0.15) is 0 Å². The summed E-state index contributed by atoms with van der Waals surface area (Å²) in [5.74, 6) is -0.00301. The van der Waals surface area contributed by atoms with E-state index in [0.29, 0.717) is 23.8 Å². The van der Waals surface area contributed by atoms with Gasteiger partial charge in [-0.3, -0.25) is 14.2 Å². The van der Waals surface area contributed by atoms with E-state index in [-0.39, 0.29) is 22.6 Å². The first-order valence-corrected chi connectivity index (χ1v) is 9.57. The quantitative estimate of drug-likeness (QED) is 0.619. The molecule has 1 amide bonds. The lowest BCUT2D eigenvalue weighted by Gasteiger charge is -2.15. The fourth-order valence-electron chi connectivity index (χ4n) is 3.14. The van der Waals surface area contributed by atoms with E-state index in [1.54, 1.807) is 22.5 Å². The molecule has 1 atom stereocenters. The molecule has 0 unspecified atom stereocenters. The highest BCUT2D eigenvalue weighted by atomic mass is 32.2. The zero-order valence-electron chi connectivity index (χ0n) is 15.1. The van der Waals surface area contributed by atoms with Crippen LogP contribution in [0.25, 0.3) is 0 Å². The van der Waals surface area contributed by atoms with E-state index in [4.69, 9.17) is 0 Å². The molecule has 1 aromatic carbocycles. The number of hydrogen-bond acceptors (Lipinski definition) is 5. The van der Waals surface area contributed by atoms with Crippen molar-refractivity contribution in [3.05, 3.63) is 39.8 Å². The SMILES string of the molecule is CCCn1c(S[C@@H](C)C(=O)c2ccc3c(c2)CCN3C(C)=O)n[nH]c1=O. The normalized spacial score (nSPS) is 14.3. The monoisotopic (exact) mass is 374 g/mol. The van der Waals surface area contributed by atoms with Crippen LogP contribution >= 0.6 is 11.8 Å². The number of hydrogen-bond donors (Lipinski definition) is 1. The van der Waals surface area contributed by atoms with Crippen LogP contribution in [0.3, 0.4) is 0 Å². The van der Waals surface area contributed by atoms with E-state index in [0.717, 1.165) is 24.1 Å². The van der Waals surface area contributed by atoms with Gasteiger partial charge in [0.25, 0.3) is 0 Å². The first-order chi connectivity index (χ1) is 12.4. The number of ketones is 1. The fourth-order valence-corrected chi connectivity index (χ4v) is 4.10. The minimum atomic E-state index is -0.371. The Morgan fingerprint density at radius 3 is 2.85 bits per heavy atom. The Morgan fingerprint density at radius 1 is 1.38 bits per heavy atom. The van der Waals surface area contributed by atoms with Crippen molar-refractivity contribution in [1.82, 2.24) is 14.8 Å². The van der Waals surface area contributed by atoms with Gasteiger partial charge in [0.05, 0.1) is 5.25 Å². The molecule has 0 spiro atoms. The van der Waals surface area contributed by atoms with Crippen LogP contribution in [0.5, 0.6) is 0 Å². The summed E-state index contributed by atoms with van der Waals surface area (Å²) in [7, 11) is 0. The molecule has 0 bridgehead atoms. The number of nitrogens with zero attached hydrogens (tertiary/aromatic N) is 3. The zero-order chi connectivity index (χ0) is 18.8. The molecule has 0 saturated carbocycles. The number of H-pyrrole nitrogens is 1. The van der Waals surface area contributed by atoms with Gasteiger partial charge >= 0.3 is 5.69 Å². The number of aromatic nitrogens is 3. The van der Waals surface area contributed by atoms with Crippen molar-refractivity contribution >= 4 is 29.1 Å². The van der Waals surface area contributed by atoms with Crippen molar-refractivity contribution in [2.24, 2.45) is 0 Å². The number of carbonyl (C=O) groups excluding carboxylic acids is 2. The first-order valence-electron chi connectivity index (χ1n) is 8.69. The molecular weight excluding hydrogens is 352 g/mol. The van der Waals surface area contributed by atoms with Gasteiger partial charge in [0.2, 0.25) is 5.91 Å². The number of benzene rings is 1. The average Bonchev–Trinajstić information content (AvgIpc) is 3.19. The van der Waals surface area contributed by atoms with Crippen molar-refractivity contribution < 1.29 is 9.59 Å².